The van der Waals surface area contributed by atoms with E-state index in [1.807, 2.05) is 0 Å². The van der Waals surface area contributed by atoms with Crippen LogP contribution in [0.25, 0.3) is 10.4 Å². The van der Waals surface area contributed by atoms with Gasteiger partial charge in [0.1, 0.15) is 0 Å². The summed E-state index contributed by atoms with van der Waals surface area (Å²) in [7, 11) is 4.27. The minimum atomic E-state index is 0.606. The number of likely N-dealkylation sites (tertiary alicyclic amines) is 1. The Morgan fingerprint density at radius 3 is 2.60 bits per heavy atom. The van der Waals surface area contributed by atoms with E-state index in [0.29, 0.717) is 6.54 Å². The van der Waals surface area contributed by atoms with E-state index in [0.717, 1.165) is 25.6 Å². The number of rotatable bonds is 5. The van der Waals surface area contributed by atoms with Crippen molar-refractivity contribution in [2.24, 2.45) is 11.0 Å². The zero-order chi connectivity index (χ0) is 11.1. The molecular formula is C10H21N5. The van der Waals surface area contributed by atoms with Crippen LogP contribution in [0.2, 0.25) is 0 Å². The number of piperidine rings is 1. The lowest BCUT2D eigenvalue weighted by Crippen LogP contribution is -2.38. The van der Waals surface area contributed by atoms with E-state index in [-0.39, 0.29) is 0 Å². The van der Waals surface area contributed by atoms with Gasteiger partial charge in [-0.2, -0.15) is 0 Å². The Bertz CT molecular complexity index is 214. The monoisotopic (exact) mass is 211 g/mol. The summed E-state index contributed by atoms with van der Waals surface area (Å²) in [6, 6.07) is 0. The number of hydrogen-bond acceptors (Lipinski definition) is 3. The topological polar surface area (TPSA) is 55.2 Å². The average molecular weight is 211 g/mol. The fourth-order valence-corrected chi connectivity index (χ4v) is 2.14. The highest BCUT2D eigenvalue weighted by atomic mass is 15.2. The Balaban J connectivity index is 2.15. The van der Waals surface area contributed by atoms with Crippen molar-refractivity contribution >= 4 is 0 Å². The molecule has 0 atom stereocenters. The van der Waals surface area contributed by atoms with Gasteiger partial charge in [0, 0.05) is 24.5 Å². The van der Waals surface area contributed by atoms with Gasteiger partial charge in [0.15, 0.2) is 0 Å². The van der Waals surface area contributed by atoms with Crippen LogP contribution in [0.5, 0.6) is 0 Å². The number of hydrogen-bond donors (Lipinski definition) is 0. The zero-order valence-corrected chi connectivity index (χ0v) is 9.76. The molecule has 1 rings (SSSR count). The molecular weight excluding hydrogens is 190 g/mol. The molecule has 0 aliphatic carbocycles. The third-order valence-electron chi connectivity index (χ3n) is 2.91. The van der Waals surface area contributed by atoms with Crippen molar-refractivity contribution in [3.05, 3.63) is 10.4 Å². The summed E-state index contributed by atoms with van der Waals surface area (Å²) in [6.07, 6.45) is 2.54. The summed E-state index contributed by atoms with van der Waals surface area (Å²) < 4.78 is 0. The smallest absolute Gasteiger partial charge is 0.0385 e. The Kier molecular flexibility index (Phi) is 5.47. The molecule has 0 saturated carbocycles. The van der Waals surface area contributed by atoms with E-state index >= 15 is 0 Å². The van der Waals surface area contributed by atoms with Crippen LogP contribution in [0, 0.1) is 5.92 Å². The first-order valence-corrected chi connectivity index (χ1v) is 5.60. The van der Waals surface area contributed by atoms with E-state index < -0.39 is 0 Å². The Labute approximate surface area is 91.7 Å². The summed E-state index contributed by atoms with van der Waals surface area (Å²) in [4.78, 5) is 7.42. The minimum absolute atomic E-state index is 0.606. The highest BCUT2D eigenvalue weighted by Crippen LogP contribution is 2.17. The predicted molar refractivity (Wildman–Crippen MR) is 61.7 cm³/mol. The second-order valence-electron chi connectivity index (χ2n) is 4.50. The van der Waals surface area contributed by atoms with Crippen LogP contribution in [0.3, 0.4) is 0 Å². The molecule has 5 nitrogen and oxygen atoms in total. The molecule has 0 aromatic heterocycles. The first-order valence-electron chi connectivity index (χ1n) is 5.60. The predicted octanol–water partition coefficient (Wildman–Crippen LogP) is 1.57. The molecule has 0 radical (unpaired) electrons. The van der Waals surface area contributed by atoms with Crippen LogP contribution in [0.4, 0.5) is 0 Å². The minimum Gasteiger partial charge on any atom is -0.309 e. The Morgan fingerprint density at radius 1 is 1.40 bits per heavy atom. The zero-order valence-electron chi connectivity index (χ0n) is 9.76. The Hall–Kier alpha value is -0.770. The quantitative estimate of drug-likeness (QED) is 0.394. The normalized spacial score (nSPS) is 19.1. The maximum absolute atomic E-state index is 8.17. The summed E-state index contributed by atoms with van der Waals surface area (Å²) >= 11 is 0. The summed E-state index contributed by atoms with van der Waals surface area (Å²) in [5.41, 5.74) is 8.17. The van der Waals surface area contributed by atoms with Gasteiger partial charge in [-0.3, -0.25) is 0 Å². The van der Waals surface area contributed by atoms with Gasteiger partial charge in [-0.15, -0.1) is 0 Å². The number of nitrogens with zero attached hydrogens (tertiary/aromatic N) is 5. The molecule has 0 N–H and O–H groups in total. The van der Waals surface area contributed by atoms with E-state index in [1.54, 1.807) is 0 Å². The lowest BCUT2D eigenvalue weighted by molar-refractivity contribution is 0.166. The summed E-state index contributed by atoms with van der Waals surface area (Å²) in [6.45, 7) is 5.02. The van der Waals surface area contributed by atoms with Gasteiger partial charge in [-0.1, -0.05) is 5.11 Å². The van der Waals surface area contributed by atoms with Gasteiger partial charge in [-0.05, 0) is 51.5 Å². The first-order chi connectivity index (χ1) is 7.22. The third-order valence-corrected chi connectivity index (χ3v) is 2.91. The van der Waals surface area contributed by atoms with E-state index in [2.05, 4.69) is 33.9 Å². The highest BCUT2D eigenvalue weighted by Gasteiger charge is 2.18. The molecule has 1 aliphatic heterocycles. The van der Waals surface area contributed by atoms with Crippen LogP contribution in [-0.4, -0.2) is 56.6 Å². The second-order valence-corrected chi connectivity index (χ2v) is 4.50. The standard InChI is InChI=1S/C10H21N5/c1-14(2)9-10-3-6-15(7-4-10)8-5-12-13-11/h10H,3-9H2,1-2H3. The molecule has 1 heterocycles. The lowest BCUT2D eigenvalue weighted by atomic mass is 9.96. The van der Waals surface area contributed by atoms with E-state index in [9.17, 15) is 0 Å². The third kappa shape index (κ3) is 5.02. The van der Waals surface area contributed by atoms with E-state index in [4.69, 9.17) is 5.53 Å². The molecule has 0 amide bonds. The van der Waals surface area contributed by atoms with Gasteiger partial charge < -0.3 is 9.80 Å². The fraction of sp³-hybridized carbons (Fsp3) is 1.00. The lowest BCUT2D eigenvalue weighted by Gasteiger charge is -2.32. The van der Waals surface area contributed by atoms with Crippen molar-refractivity contribution in [1.82, 2.24) is 9.80 Å². The van der Waals surface area contributed by atoms with Crippen LogP contribution >= 0.6 is 0 Å². The molecule has 0 aromatic carbocycles. The molecule has 0 aromatic rings. The van der Waals surface area contributed by atoms with Crippen LogP contribution in [-0.2, 0) is 0 Å². The van der Waals surface area contributed by atoms with Gasteiger partial charge in [0.2, 0.25) is 0 Å². The van der Waals surface area contributed by atoms with Crippen molar-refractivity contribution in [3.8, 4) is 0 Å². The second kappa shape index (κ2) is 6.67. The van der Waals surface area contributed by atoms with Gasteiger partial charge in [-0.25, -0.2) is 0 Å². The van der Waals surface area contributed by atoms with Gasteiger partial charge in [0.25, 0.3) is 0 Å². The maximum atomic E-state index is 8.17. The first kappa shape index (κ1) is 12.3. The number of azide groups is 1. The SMILES string of the molecule is CN(C)CC1CCN(CCN=[N+]=[N-])CC1. The largest absolute Gasteiger partial charge is 0.309 e. The molecule has 0 bridgehead atoms. The van der Waals surface area contributed by atoms with Crippen molar-refractivity contribution in [2.75, 3.05) is 46.8 Å². The van der Waals surface area contributed by atoms with Crippen LogP contribution < -0.4 is 0 Å². The van der Waals surface area contributed by atoms with Crippen molar-refractivity contribution < 1.29 is 0 Å². The summed E-state index contributed by atoms with van der Waals surface area (Å²) in [5, 5.41) is 3.56. The molecule has 1 aliphatic rings. The van der Waals surface area contributed by atoms with Crippen LogP contribution in [0.1, 0.15) is 12.8 Å². The molecule has 0 unspecified atom stereocenters. The van der Waals surface area contributed by atoms with E-state index in [1.165, 1.54) is 19.4 Å². The summed E-state index contributed by atoms with van der Waals surface area (Å²) in [5.74, 6) is 0.843. The molecule has 5 heteroatoms. The molecule has 15 heavy (non-hydrogen) atoms. The molecule has 0 spiro atoms. The van der Waals surface area contributed by atoms with Crippen molar-refractivity contribution in [3.63, 3.8) is 0 Å². The molecule has 1 saturated heterocycles. The van der Waals surface area contributed by atoms with Crippen molar-refractivity contribution in [2.45, 2.75) is 12.8 Å². The van der Waals surface area contributed by atoms with Gasteiger partial charge >= 0.3 is 0 Å². The maximum Gasteiger partial charge on any atom is 0.0385 e. The average Bonchev–Trinajstić information content (AvgIpc) is 2.20. The Morgan fingerprint density at radius 2 is 2.07 bits per heavy atom. The molecule has 86 valence electrons. The fourth-order valence-electron chi connectivity index (χ4n) is 2.14. The van der Waals surface area contributed by atoms with Crippen molar-refractivity contribution in [1.29, 1.82) is 0 Å². The highest BCUT2D eigenvalue weighted by molar-refractivity contribution is 4.74. The molecule has 1 fully saturated rings. The van der Waals surface area contributed by atoms with Gasteiger partial charge in [0.05, 0.1) is 0 Å². The van der Waals surface area contributed by atoms with Crippen LogP contribution in [0.15, 0.2) is 5.11 Å².